The van der Waals surface area contributed by atoms with E-state index in [0.29, 0.717) is 10.9 Å². The Labute approximate surface area is 107 Å². The van der Waals surface area contributed by atoms with Gasteiger partial charge in [0.25, 0.3) is 12.0 Å². The van der Waals surface area contributed by atoms with Crippen LogP contribution >= 0.6 is 0 Å². The van der Waals surface area contributed by atoms with Crippen molar-refractivity contribution >= 4 is 21.7 Å². The van der Waals surface area contributed by atoms with Crippen LogP contribution < -0.4 is 5.56 Å². The molecular weight excluding hydrogens is 250 g/mol. The van der Waals surface area contributed by atoms with Gasteiger partial charge in [0.05, 0.1) is 10.9 Å². The quantitative estimate of drug-likeness (QED) is 0.630. The van der Waals surface area contributed by atoms with Gasteiger partial charge >= 0.3 is 0 Å². The third-order valence-corrected chi connectivity index (χ3v) is 3.28. The van der Waals surface area contributed by atoms with Crippen molar-refractivity contribution in [3.05, 3.63) is 52.6 Å². The van der Waals surface area contributed by atoms with Crippen LogP contribution in [0.5, 0.6) is 0 Å². The molecule has 5 heteroatoms. The monoisotopic (exact) mass is 260 g/mol. The van der Waals surface area contributed by atoms with E-state index in [2.05, 4.69) is 4.98 Å². The van der Waals surface area contributed by atoms with Gasteiger partial charge < -0.3 is 4.57 Å². The molecule has 0 N–H and O–H groups in total. The molecule has 0 radical (unpaired) electrons. The molecule has 0 amide bonds. The van der Waals surface area contributed by atoms with Gasteiger partial charge in [-0.15, -0.1) is 0 Å². The molecule has 0 fully saturated rings. The van der Waals surface area contributed by atoms with Crippen LogP contribution in [0, 0.1) is 0 Å². The summed E-state index contributed by atoms with van der Waals surface area (Å²) in [7, 11) is 1.58. The predicted octanol–water partition coefficient (Wildman–Crippen LogP) is 3.02. The van der Waals surface area contributed by atoms with Gasteiger partial charge in [-0.2, -0.15) is 0 Å². The fourth-order valence-corrected chi connectivity index (χ4v) is 2.28. The number of halogens is 2. The van der Waals surface area contributed by atoms with Crippen LogP contribution in [0.1, 0.15) is 12.0 Å². The van der Waals surface area contributed by atoms with Gasteiger partial charge in [-0.25, -0.2) is 8.78 Å². The Morgan fingerprint density at radius 2 is 1.95 bits per heavy atom. The number of aromatic nitrogens is 2. The van der Waals surface area contributed by atoms with Crippen molar-refractivity contribution in [3.63, 3.8) is 0 Å². The summed E-state index contributed by atoms with van der Waals surface area (Å²) in [6, 6.07) is 6.10. The van der Waals surface area contributed by atoms with Crippen molar-refractivity contribution in [2.24, 2.45) is 7.05 Å². The van der Waals surface area contributed by atoms with E-state index in [1.54, 1.807) is 25.4 Å². The van der Waals surface area contributed by atoms with Gasteiger partial charge in [0, 0.05) is 30.4 Å². The predicted molar refractivity (Wildman–Crippen MR) is 69.4 cm³/mol. The summed E-state index contributed by atoms with van der Waals surface area (Å²) < 4.78 is 26.9. The van der Waals surface area contributed by atoms with E-state index >= 15 is 0 Å². The van der Waals surface area contributed by atoms with E-state index in [0.717, 1.165) is 10.8 Å². The first-order valence-corrected chi connectivity index (χ1v) is 5.74. The summed E-state index contributed by atoms with van der Waals surface area (Å²) in [6.07, 6.45) is 0.535. The lowest BCUT2D eigenvalue weighted by Crippen LogP contribution is -2.17. The Balaban J connectivity index is 2.54. The third kappa shape index (κ3) is 1.69. The fraction of sp³-hybridized carbons (Fsp3) is 0.143. The summed E-state index contributed by atoms with van der Waals surface area (Å²) in [5, 5.41) is 1.99. The highest BCUT2D eigenvalue weighted by Crippen LogP contribution is 2.26. The molecule has 0 saturated carbocycles. The molecule has 2 aromatic heterocycles. The second kappa shape index (κ2) is 4.12. The number of hydrogen-bond donors (Lipinski definition) is 0. The average Bonchev–Trinajstić information content (AvgIpc) is 2.44. The molecule has 96 valence electrons. The Kier molecular flexibility index (Phi) is 2.55. The van der Waals surface area contributed by atoms with Gasteiger partial charge in [-0.1, -0.05) is 12.1 Å². The molecule has 3 rings (SSSR count). The van der Waals surface area contributed by atoms with Gasteiger partial charge in [-0.05, 0) is 17.5 Å². The van der Waals surface area contributed by atoms with Crippen molar-refractivity contribution in [1.82, 2.24) is 9.55 Å². The van der Waals surface area contributed by atoms with Crippen molar-refractivity contribution in [2.75, 3.05) is 0 Å². The molecule has 2 heterocycles. The lowest BCUT2D eigenvalue weighted by Gasteiger charge is -2.10. The highest BCUT2D eigenvalue weighted by molar-refractivity contribution is 6.05. The highest BCUT2D eigenvalue weighted by Gasteiger charge is 2.12. The first-order valence-electron chi connectivity index (χ1n) is 5.74. The number of rotatable bonds is 1. The molecule has 0 atom stereocenters. The SMILES string of the molecule is Cn1c(=O)c2cnccc2c2ccc(C(F)F)cc21. The zero-order valence-corrected chi connectivity index (χ0v) is 10.1. The maximum atomic E-state index is 12.7. The van der Waals surface area contributed by atoms with Crippen molar-refractivity contribution in [2.45, 2.75) is 6.43 Å². The standard InChI is InChI=1S/C14H10F2N2O/c1-18-12-6-8(13(15)16)2-3-10(12)9-4-5-17-7-11(9)14(18)19/h2-7,13H,1H3. The summed E-state index contributed by atoms with van der Waals surface area (Å²) in [4.78, 5) is 16.1. The molecule has 0 aliphatic carbocycles. The fourth-order valence-electron chi connectivity index (χ4n) is 2.28. The minimum absolute atomic E-state index is 0.0871. The molecule has 1 aromatic carbocycles. The molecule has 0 aliphatic rings. The topological polar surface area (TPSA) is 34.9 Å². The van der Waals surface area contributed by atoms with Crippen LogP contribution in [0.3, 0.4) is 0 Å². The van der Waals surface area contributed by atoms with E-state index < -0.39 is 6.43 Å². The zero-order chi connectivity index (χ0) is 13.6. The maximum Gasteiger partial charge on any atom is 0.263 e. The van der Waals surface area contributed by atoms with Gasteiger partial charge in [-0.3, -0.25) is 9.78 Å². The Hall–Kier alpha value is -2.30. The molecule has 19 heavy (non-hydrogen) atoms. The van der Waals surface area contributed by atoms with E-state index in [9.17, 15) is 13.6 Å². The number of alkyl halides is 2. The normalized spacial score (nSPS) is 11.6. The van der Waals surface area contributed by atoms with Crippen LogP contribution in [0.15, 0.2) is 41.5 Å². The Morgan fingerprint density at radius 1 is 1.16 bits per heavy atom. The second-order valence-corrected chi connectivity index (χ2v) is 4.36. The molecule has 0 unspecified atom stereocenters. The van der Waals surface area contributed by atoms with Crippen LogP contribution in [0.4, 0.5) is 8.78 Å². The molecule has 0 aliphatic heterocycles. The van der Waals surface area contributed by atoms with Gasteiger partial charge in [0.1, 0.15) is 0 Å². The van der Waals surface area contributed by atoms with E-state index in [4.69, 9.17) is 0 Å². The Morgan fingerprint density at radius 3 is 2.68 bits per heavy atom. The third-order valence-electron chi connectivity index (χ3n) is 3.28. The van der Waals surface area contributed by atoms with Crippen LogP contribution in [0.25, 0.3) is 21.7 Å². The number of pyridine rings is 2. The van der Waals surface area contributed by atoms with Crippen molar-refractivity contribution in [3.8, 4) is 0 Å². The zero-order valence-electron chi connectivity index (χ0n) is 10.1. The van der Waals surface area contributed by atoms with Gasteiger partial charge in [0.2, 0.25) is 0 Å². The second-order valence-electron chi connectivity index (χ2n) is 4.36. The minimum Gasteiger partial charge on any atom is -0.311 e. The lowest BCUT2D eigenvalue weighted by molar-refractivity contribution is 0.151. The number of hydrogen-bond acceptors (Lipinski definition) is 2. The van der Waals surface area contributed by atoms with E-state index in [-0.39, 0.29) is 11.1 Å². The number of benzene rings is 1. The van der Waals surface area contributed by atoms with E-state index in [1.807, 2.05) is 0 Å². The van der Waals surface area contributed by atoms with Crippen LogP contribution in [-0.4, -0.2) is 9.55 Å². The van der Waals surface area contributed by atoms with Crippen LogP contribution in [0.2, 0.25) is 0 Å². The summed E-state index contributed by atoms with van der Waals surface area (Å²) in [6.45, 7) is 0. The molecular formula is C14H10F2N2O. The molecule has 3 nitrogen and oxygen atoms in total. The number of nitrogens with zero attached hydrogens (tertiary/aromatic N) is 2. The number of fused-ring (bicyclic) bond motifs is 3. The minimum atomic E-state index is -2.55. The molecule has 0 bridgehead atoms. The maximum absolute atomic E-state index is 12.7. The first-order chi connectivity index (χ1) is 9.09. The molecule has 0 saturated heterocycles. The van der Waals surface area contributed by atoms with E-state index in [1.165, 1.54) is 22.9 Å². The summed E-state index contributed by atoms with van der Waals surface area (Å²) >= 11 is 0. The Bertz CT molecular complexity index is 840. The van der Waals surface area contributed by atoms with Gasteiger partial charge in [0.15, 0.2) is 0 Å². The first kappa shape index (κ1) is 11.8. The van der Waals surface area contributed by atoms with Crippen LogP contribution in [-0.2, 0) is 7.05 Å². The van der Waals surface area contributed by atoms with Crippen molar-refractivity contribution in [1.29, 1.82) is 0 Å². The smallest absolute Gasteiger partial charge is 0.263 e. The highest BCUT2D eigenvalue weighted by atomic mass is 19.3. The largest absolute Gasteiger partial charge is 0.311 e. The average molecular weight is 260 g/mol. The molecule has 3 aromatic rings. The lowest BCUT2D eigenvalue weighted by atomic mass is 10.1. The number of aryl methyl sites for hydroxylation is 1. The van der Waals surface area contributed by atoms with Crippen molar-refractivity contribution < 1.29 is 8.78 Å². The molecule has 0 spiro atoms. The summed E-state index contributed by atoms with van der Waals surface area (Å²) in [5.41, 5.74) is 0.180. The summed E-state index contributed by atoms with van der Waals surface area (Å²) in [5.74, 6) is 0.